The molecule has 9 N–H and O–H groups in total. The highest BCUT2D eigenvalue weighted by Crippen LogP contribution is 2.12. The van der Waals surface area contributed by atoms with Gasteiger partial charge in [0.15, 0.2) is 0 Å². The Labute approximate surface area is 199 Å². The summed E-state index contributed by atoms with van der Waals surface area (Å²) in [5.41, 5.74) is 12.1. The van der Waals surface area contributed by atoms with E-state index in [1.54, 1.807) is 26.0 Å². The number of hydrogen-bond donors (Lipinski definition) is 7. The van der Waals surface area contributed by atoms with Gasteiger partial charge < -0.3 is 37.6 Å². The number of hydrogen-bond acceptors (Lipinski definition) is 7. The van der Waals surface area contributed by atoms with Crippen molar-refractivity contribution in [1.29, 1.82) is 0 Å². The number of rotatable bonds is 14. The van der Waals surface area contributed by atoms with E-state index in [1.165, 1.54) is 19.1 Å². The number of amides is 3. The molecule has 1 aromatic rings. The average Bonchev–Trinajstić information content (AvgIpc) is 2.78. The Balaban J connectivity index is 3.08. The van der Waals surface area contributed by atoms with Crippen LogP contribution in [0.1, 0.15) is 45.6 Å². The normalized spacial score (nSPS) is 14.5. The summed E-state index contributed by atoms with van der Waals surface area (Å²) in [4.78, 5) is 49.5. The first-order chi connectivity index (χ1) is 16.0. The lowest BCUT2D eigenvalue weighted by Gasteiger charge is -2.25. The van der Waals surface area contributed by atoms with Crippen LogP contribution >= 0.6 is 0 Å². The van der Waals surface area contributed by atoms with Crippen molar-refractivity contribution in [2.45, 2.75) is 70.6 Å². The maximum Gasteiger partial charge on any atom is 0.325 e. The molecule has 11 heteroatoms. The fraction of sp³-hybridized carbons (Fsp3) is 0.565. The van der Waals surface area contributed by atoms with Crippen molar-refractivity contribution in [3.63, 3.8) is 0 Å². The Hall–Kier alpha value is -3.18. The molecular formula is C23H37N5O6. The van der Waals surface area contributed by atoms with E-state index >= 15 is 0 Å². The lowest BCUT2D eigenvalue weighted by molar-refractivity contribution is -0.141. The topological polar surface area (TPSA) is 197 Å². The molecule has 0 spiro atoms. The first-order valence-corrected chi connectivity index (χ1v) is 11.3. The van der Waals surface area contributed by atoms with Gasteiger partial charge in [0.2, 0.25) is 17.7 Å². The second kappa shape index (κ2) is 14.2. The van der Waals surface area contributed by atoms with Crippen LogP contribution in [0.3, 0.4) is 0 Å². The molecule has 0 aliphatic rings. The largest absolute Gasteiger partial charge is 0.508 e. The number of aliphatic carboxylic acids is 1. The number of nitrogens with two attached hydrogens (primary N) is 2. The number of phenolic OH excluding ortho intramolecular Hbond substituents is 1. The number of carboxylic acid groups (broad SMARTS) is 1. The van der Waals surface area contributed by atoms with Gasteiger partial charge in [-0.05, 0) is 56.3 Å². The van der Waals surface area contributed by atoms with Gasteiger partial charge in [0.05, 0.1) is 6.04 Å². The highest BCUT2D eigenvalue weighted by atomic mass is 16.4. The zero-order chi connectivity index (χ0) is 25.8. The number of aromatic hydroxyl groups is 1. The van der Waals surface area contributed by atoms with Gasteiger partial charge in [0.25, 0.3) is 0 Å². The quantitative estimate of drug-likeness (QED) is 0.175. The molecule has 3 amide bonds. The second-order valence-corrected chi connectivity index (χ2v) is 8.62. The molecule has 190 valence electrons. The molecule has 0 aliphatic heterocycles. The maximum absolute atomic E-state index is 13.2. The smallest absolute Gasteiger partial charge is 0.325 e. The molecule has 0 bridgehead atoms. The average molecular weight is 480 g/mol. The molecule has 0 aliphatic carbocycles. The Morgan fingerprint density at radius 2 is 1.44 bits per heavy atom. The van der Waals surface area contributed by atoms with Crippen LogP contribution < -0.4 is 27.4 Å². The monoisotopic (exact) mass is 479 g/mol. The van der Waals surface area contributed by atoms with Gasteiger partial charge in [-0.2, -0.15) is 0 Å². The molecule has 0 radical (unpaired) electrons. The molecular weight excluding hydrogens is 442 g/mol. The van der Waals surface area contributed by atoms with Crippen LogP contribution in [0.4, 0.5) is 0 Å². The predicted octanol–water partition coefficient (Wildman–Crippen LogP) is -0.394. The zero-order valence-corrected chi connectivity index (χ0v) is 19.9. The Bertz CT molecular complexity index is 830. The standard InChI is InChI=1S/C23H37N5O6/c1-13(2)19(25)22(32)28-18(12-15-7-9-16(29)10-8-15)21(31)27-17(6-4-5-11-24)20(30)26-14(3)23(33)34/h7-10,13-14,17-19,29H,4-6,11-12,24-25H2,1-3H3,(H,26,30)(H,27,31)(H,28,32)(H,33,34). The van der Waals surface area contributed by atoms with Gasteiger partial charge in [-0.25, -0.2) is 0 Å². The van der Waals surface area contributed by atoms with Crippen molar-refractivity contribution in [3.8, 4) is 5.75 Å². The molecule has 11 nitrogen and oxygen atoms in total. The van der Waals surface area contributed by atoms with Crippen molar-refractivity contribution >= 4 is 23.7 Å². The summed E-state index contributed by atoms with van der Waals surface area (Å²) < 4.78 is 0. The minimum absolute atomic E-state index is 0.0554. The van der Waals surface area contributed by atoms with E-state index in [-0.39, 0.29) is 24.5 Å². The summed E-state index contributed by atoms with van der Waals surface area (Å²) >= 11 is 0. The fourth-order valence-electron chi connectivity index (χ4n) is 3.06. The van der Waals surface area contributed by atoms with E-state index in [0.717, 1.165) is 0 Å². The van der Waals surface area contributed by atoms with Crippen LogP contribution in [0.5, 0.6) is 5.75 Å². The van der Waals surface area contributed by atoms with Crippen molar-refractivity contribution in [3.05, 3.63) is 29.8 Å². The van der Waals surface area contributed by atoms with Gasteiger partial charge in [-0.3, -0.25) is 19.2 Å². The van der Waals surface area contributed by atoms with Gasteiger partial charge in [-0.15, -0.1) is 0 Å². The molecule has 4 atom stereocenters. The summed E-state index contributed by atoms with van der Waals surface area (Å²) in [5, 5.41) is 26.2. The third-order valence-corrected chi connectivity index (χ3v) is 5.34. The molecule has 34 heavy (non-hydrogen) atoms. The number of nitrogens with one attached hydrogen (secondary N) is 3. The molecule has 0 saturated heterocycles. The maximum atomic E-state index is 13.2. The molecule has 0 fully saturated rings. The van der Waals surface area contributed by atoms with E-state index < -0.39 is 47.9 Å². The van der Waals surface area contributed by atoms with Crippen LogP contribution in [-0.2, 0) is 25.6 Å². The van der Waals surface area contributed by atoms with E-state index in [2.05, 4.69) is 16.0 Å². The second-order valence-electron chi connectivity index (χ2n) is 8.62. The molecule has 1 rings (SSSR count). The van der Waals surface area contributed by atoms with Crippen LogP contribution in [0, 0.1) is 5.92 Å². The Kier molecular flexibility index (Phi) is 12.0. The molecule has 0 heterocycles. The van der Waals surface area contributed by atoms with E-state index in [0.29, 0.717) is 24.9 Å². The highest BCUT2D eigenvalue weighted by molar-refractivity contribution is 5.94. The van der Waals surface area contributed by atoms with E-state index in [9.17, 15) is 24.3 Å². The minimum atomic E-state index is -1.21. The molecule has 0 aromatic heterocycles. The summed E-state index contributed by atoms with van der Waals surface area (Å²) in [7, 11) is 0. The summed E-state index contributed by atoms with van der Waals surface area (Å²) in [6.07, 6.45) is 1.48. The predicted molar refractivity (Wildman–Crippen MR) is 127 cm³/mol. The van der Waals surface area contributed by atoms with Crippen LogP contribution in [-0.4, -0.2) is 64.6 Å². The van der Waals surface area contributed by atoms with Crippen LogP contribution in [0.25, 0.3) is 0 Å². The van der Waals surface area contributed by atoms with Crippen molar-refractivity contribution < 1.29 is 29.4 Å². The summed E-state index contributed by atoms with van der Waals surface area (Å²) in [6.45, 7) is 5.28. The number of phenols is 1. The highest BCUT2D eigenvalue weighted by Gasteiger charge is 2.30. The van der Waals surface area contributed by atoms with E-state index in [1.807, 2.05) is 0 Å². The molecule has 0 saturated carbocycles. The van der Waals surface area contributed by atoms with E-state index in [4.69, 9.17) is 16.6 Å². The number of carbonyl (C=O) groups is 4. The SMILES string of the molecule is CC(NC(=O)C(CCCCN)NC(=O)C(Cc1ccc(O)cc1)NC(=O)C(N)C(C)C)C(=O)O. The third kappa shape index (κ3) is 9.75. The third-order valence-electron chi connectivity index (χ3n) is 5.34. The summed E-state index contributed by atoms with van der Waals surface area (Å²) in [5.74, 6) is -3.09. The number of unbranched alkanes of at least 4 members (excludes halogenated alkanes) is 1. The first-order valence-electron chi connectivity index (χ1n) is 11.3. The lowest BCUT2D eigenvalue weighted by Crippen LogP contribution is -2.57. The van der Waals surface area contributed by atoms with Gasteiger partial charge in [0.1, 0.15) is 23.9 Å². The summed E-state index contributed by atoms with van der Waals surface area (Å²) in [6, 6.07) is 2.11. The molecule has 4 unspecified atom stereocenters. The van der Waals surface area contributed by atoms with Crippen molar-refractivity contribution in [1.82, 2.24) is 16.0 Å². The van der Waals surface area contributed by atoms with Gasteiger partial charge in [0, 0.05) is 6.42 Å². The van der Waals surface area contributed by atoms with Crippen LogP contribution in [0.2, 0.25) is 0 Å². The minimum Gasteiger partial charge on any atom is -0.508 e. The lowest BCUT2D eigenvalue weighted by atomic mass is 10.0. The molecule has 1 aromatic carbocycles. The fourth-order valence-corrected chi connectivity index (χ4v) is 3.06. The van der Waals surface area contributed by atoms with Crippen molar-refractivity contribution in [2.24, 2.45) is 17.4 Å². The van der Waals surface area contributed by atoms with Gasteiger partial charge in [-0.1, -0.05) is 26.0 Å². The number of carboxylic acids is 1. The Morgan fingerprint density at radius 3 is 1.97 bits per heavy atom. The number of benzene rings is 1. The first kappa shape index (κ1) is 28.9. The van der Waals surface area contributed by atoms with Gasteiger partial charge >= 0.3 is 5.97 Å². The Morgan fingerprint density at radius 1 is 0.882 bits per heavy atom. The zero-order valence-electron chi connectivity index (χ0n) is 19.9. The van der Waals surface area contributed by atoms with Crippen LogP contribution in [0.15, 0.2) is 24.3 Å². The number of carbonyl (C=O) groups excluding carboxylic acids is 3. The van der Waals surface area contributed by atoms with Crippen molar-refractivity contribution in [2.75, 3.05) is 6.54 Å².